The van der Waals surface area contributed by atoms with Crippen LogP contribution in [0.2, 0.25) is 10.0 Å². The van der Waals surface area contributed by atoms with Crippen LogP contribution >= 0.6 is 23.2 Å². The molecule has 1 aromatic carbocycles. The monoisotopic (exact) mass is 213 g/mol. The Morgan fingerprint density at radius 1 is 1.46 bits per heavy atom. The Kier molecular flexibility index (Phi) is 2.92. The second-order valence-corrected chi connectivity index (χ2v) is 3.32. The van der Waals surface area contributed by atoms with Gasteiger partial charge in [0.25, 0.3) is 0 Å². The van der Waals surface area contributed by atoms with Gasteiger partial charge in [-0.3, -0.25) is 4.79 Å². The molecular weight excluding hydrogens is 209 g/mol. The van der Waals surface area contributed by atoms with Gasteiger partial charge in [0.1, 0.15) is 0 Å². The van der Waals surface area contributed by atoms with Crippen LogP contribution in [0.25, 0.3) is 0 Å². The van der Waals surface area contributed by atoms with Crippen molar-refractivity contribution in [1.29, 1.82) is 5.26 Å². The Morgan fingerprint density at radius 2 is 2.08 bits per heavy atom. The lowest BCUT2D eigenvalue weighted by Crippen LogP contribution is -1.97. The smallest absolute Gasteiger partial charge is 0.162 e. The van der Waals surface area contributed by atoms with E-state index < -0.39 is 0 Å². The summed E-state index contributed by atoms with van der Waals surface area (Å²) in [6.45, 7) is 1.36. The zero-order valence-electron chi connectivity index (χ0n) is 6.77. The highest BCUT2D eigenvalue weighted by Gasteiger charge is 2.12. The highest BCUT2D eigenvalue weighted by molar-refractivity contribution is 6.37. The summed E-state index contributed by atoms with van der Waals surface area (Å²) in [4.78, 5) is 11.1. The van der Waals surface area contributed by atoms with Gasteiger partial charge in [-0.15, -0.1) is 0 Å². The van der Waals surface area contributed by atoms with Crippen molar-refractivity contribution < 1.29 is 4.79 Å². The first-order valence-corrected chi connectivity index (χ1v) is 4.22. The highest BCUT2D eigenvalue weighted by atomic mass is 35.5. The summed E-state index contributed by atoms with van der Waals surface area (Å²) in [5.74, 6) is -0.238. The summed E-state index contributed by atoms with van der Waals surface area (Å²) in [5, 5.41) is 9.27. The van der Waals surface area contributed by atoms with Crippen molar-refractivity contribution in [1.82, 2.24) is 0 Å². The number of nitrogens with zero attached hydrogens (tertiary/aromatic N) is 1. The molecule has 0 aliphatic rings. The molecule has 4 heteroatoms. The van der Waals surface area contributed by atoms with Crippen LogP contribution in [0.5, 0.6) is 0 Å². The predicted octanol–water partition coefficient (Wildman–Crippen LogP) is 3.07. The van der Waals surface area contributed by atoms with Crippen molar-refractivity contribution in [3.05, 3.63) is 33.3 Å². The minimum absolute atomic E-state index is 0.213. The summed E-state index contributed by atoms with van der Waals surface area (Å²) in [5.41, 5.74) is 0.443. The molecule has 0 atom stereocenters. The van der Waals surface area contributed by atoms with E-state index in [2.05, 4.69) is 0 Å². The fraction of sp³-hybridized carbons (Fsp3) is 0.111. The minimum atomic E-state index is -0.238. The largest absolute Gasteiger partial charge is 0.294 e. The van der Waals surface area contributed by atoms with E-state index in [4.69, 9.17) is 28.5 Å². The molecule has 0 heterocycles. The van der Waals surface area contributed by atoms with E-state index in [-0.39, 0.29) is 21.9 Å². The molecule has 13 heavy (non-hydrogen) atoms. The average molecular weight is 214 g/mol. The van der Waals surface area contributed by atoms with Gasteiger partial charge in [0.15, 0.2) is 5.78 Å². The van der Waals surface area contributed by atoms with Crippen molar-refractivity contribution in [3.8, 4) is 6.07 Å². The maximum absolute atomic E-state index is 11.1. The molecule has 0 saturated carbocycles. The van der Waals surface area contributed by atoms with Gasteiger partial charge in [0, 0.05) is 5.02 Å². The van der Waals surface area contributed by atoms with Crippen LogP contribution in [0.4, 0.5) is 0 Å². The van der Waals surface area contributed by atoms with Crippen molar-refractivity contribution in [3.63, 3.8) is 0 Å². The molecule has 1 aromatic rings. The van der Waals surface area contributed by atoms with E-state index in [1.807, 2.05) is 6.07 Å². The predicted molar refractivity (Wildman–Crippen MR) is 51.2 cm³/mol. The van der Waals surface area contributed by atoms with Gasteiger partial charge in [-0.2, -0.15) is 5.26 Å². The number of nitriles is 1. The van der Waals surface area contributed by atoms with Gasteiger partial charge < -0.3 is 0 Å². The molecule has 0 saturated heterocycles. The van der Waals surface area contributed by atoms with Gasteiger partial charge in [-0.1, -0.05) is 23.2 Å². The Hall–Kier alpha value is -1.04. The van der Waals surface area contributed by atoms with Crippen LogP contribution < -0.4 is 0 Å². The number of carbonyl (C=O) groups is 1. The topological polar surface area (TPSA) is 40.9 Å². The minimum Gasteiger partial charge on any atom is -0.294 e. The summed E-state index contributed by atoms with van der Waals surface area (Å²) >= 11 is 11.4. The van der Waals surface area contributed by atoms with Crippen molar-refractivity contribution in [2.75, 3.05) is 0 Å². The van der Waals surface area contributed by atoms with Crippen LogP contribution in [0.15, 0.2) is 12.1 Å². The first kappa shape index (κ1) is 10.0. The van der Waals surface area contributed by atoms with E-state index in [0.29, 0.717) is 5.02 Å². The maximum Gasteiger partial charge on any atom is 0.162 e. The molecule has 1 rings (SSSR count). The molecule has 0 N–H and O–H groups in total. The summed E-state index contributed by atoms with van der Waals surface area (Å²) in [6, 6.07) is 4.73. The highest BCUT2D eigenvalue weighted by Crippen LogP contribution is 2.25. The van der Waals surface area contributed by atoms with Gasteiger partial charge >= 0.3 is 0 Å². The third-order valence-electron chi connectivity index (χ3n) is 1.53. The quantitative estimate of drug-likeness (QED) is 0.674. The Morgan fingerprint density at radius 3 is 2.54 bits per heavy atom. The second-order valence-electron chi connectivity index (χ2n) is 2.48. The first-order chi connectivity index (χ1) is 6.06. The third kappa shape index (κ3) is 2.00. The molecule has 0 spiro atoms. The van der Waals surface area contributed by atoms with Crippen LogP contribution in [0.1, 0.15) is 22.8 Å². The molecule has 0 radical (unpaired) electrons. The molecule has 0 aromatic heterocycles. The van der Waals surface area contributed by atoms with E-state index in [9.17, 15) is 4.79 Å². The summed E-state index contributed by atoms with van der Waals surface area (Å²) in [6.07, 6.45) is 0. The van der Waals surface area contributed by atoms with Crippen molar-refractivity contribution in [2.45, 2.75) is 6.92 Å². The van der Waals surface area contributed by atoms with E-state index in [1.54, 1.807) is 0 Å². The third-order valence-corrected chi connectivity index (χ3v) is 2.04. The molecule has 0 aliphatic carbocycles. The second kappa shape index (κ2) is 3.78. The maximum atomic E-state index is 11.1. The molecule has 0 fully saturated rings. The Labute approximate surface area is 85.7 Å². The zero-order valence-corrected chi connectivity index (χ0v) is 8.28. The lowest BCUT2D eigenvalue weighted by Gasteiger charge is -2.02. The molecule has 0 aliphatic heterocycles. The molecule has 2 nitrogen and oxygen atoms in total. The number of ketones is 1. The normalized spacial score (nSPS) is 9.38. The van der Waals surface area contributed by atoms with Gasteiger partial charge in [0.05, 0.1) is 22.2 Å². The number of Topliss-reactive ketones (excluding diaryl/α,β-unsaturated/α-hetero) is 1. The van der Waals surface area contributed by atoms with Crippen LogP contribution in [-0.4, -0.2) is 5.78 Å². The fourth-order valence-electron chi connectivity index (χ4n) is 1.02. The number of benzene rings is 1. The SMILES string of the molecule is CC(=O)c1c(Cl)cc(Cl)cc1C#N. The fourth-order valence-corrected chi connectivity index (χ4v) is 1.65. The Balaban J connectivity index is 3.50. The van der Waals surface area contributed by atoms with E-state index >= 15 is 0 Å². The molecule has 0 amide bonds. The summed E-state index contributed by atoms with van der Waals surface area (Å²) in [7, 11) is 0. The molecule has 0 unspecified atom stereocenters. The van der Waals surface area contributed by atoms with Crippen LogP contribution in [0.3, 0.4) is 0 Å². The standard InChI is InChI=1S/C9H5Cl2NO/c1-5(13)9-6(4-12)2-7(10)3-8(9)11/h2-3H,1H3. The first-order valence-electron chi connectivity index (χ1n) is 3.46. The lowest BCUT2D eigenvalue weighted by atomic mass is 10.1. The van der Waals surface area contributed by atoms with E-state index in [1.165, 1.54) is 19.1 Å². The van der Waals surface area contributed by atoms with Crippen molar-refractivity contribution >= 4 is 29.0 Å². The molecule has 66 valence electrons. The van der Waals surface area contributed by atoms with Crippen molar-refractivity contribution in [2.24, 2.45) is 0 Å². The Bertz CT molecular complexity index is 407. The van der Waals surface area contributed by atoms with Gasteiger partial charge in [-0.25, -0.2) is 0 Å². The lowest BCUT2D eigenvalue weighted by molar-refractivity contribution is 0.101. The zero-order chi connectivity index (χ0) is 10.0. The van der Waals surface area contributed by atoms with Crippen LogP contribution in [0, 0.1) is 11.3 Å². The number of halogens is 2. The molecule has 0 bridgehead atoms. The average Bonchev–Trinajstić information content (AvgIpc) is 2.01. The van der Waals surface area contributed by atoms with E-state index in [0.717, 1.165) is 0 Å². The number of hydrogen-bond donors (Lipinski definition) is 0. The van der Waals surface area contributed by atoms with Gasteiger partial charge in [-0.05, 0) is 19.1 Å². The number of rotatable bonds is 1. The van der Waals surface area contributed by atoms with Gasteiger partial charge in [0.2, 0.25) is 0 Å². The number of carbonyl (C=O) groups excluding carboxylic acids is 1. The number of hydrogen-bond acceptors (Lipinski definition) is 2. The van der Waals surface area contributed by atoms with Crippen LogP contribution in [-0.2, 0) is 0 Å². The molecular formula is C9H5Cl2NO. The summed E-state index contributed by atoms with van der Waals surface area (Å²) < 4.78 is 0.